The summed E-state index contributed by atoms with van der Waals surface area (Å²) in [5, 5.41) is 3.25. The summed E-state index contributed by atoms with van der Waals surface area (Å²) in [7, 11) is 1.35. The van der Waals surface area contributed by atoms with Gasteiger partial charge in [-0.2, -0.15) is 0 Å². The second-order valence-electron chi connectivity index (χ2n) is 4.83. The van der Waals surface area contributed by atoms with Crippen molar-refractivity contribution in [3.05, 3.63) is 34.9 Å². The standard InChI is InChI=1S/C14H19ClN2O3/c1-9(2)8-12(14(19)17-20-3)16-13(18)10-4-6-11(15)7-5-10/h4-7,9,12H,8H2,1-3H3,(H,16,18)(H,17,19). The average Bonchev–Trinajstić information content (AvgIpc) is 2.38. The Bertz CT molecular complexity index is 460. The van der Waals surface area contributed by atoms with Gasteiger partial charge in [-0.3, -0.25) is 14.4 Å². The number of amides is 2. The van der Waals surface area contributed by atoms with Crippen molar-refractivity contribution in [2.45, 2.75) is 26.3 Å². The van der Waals surface area contributed by atoms with E-state index in [9.17, 15) is 9.59 Å². The number of nitrogens with one attached hydrogen (secondary N) is 2. The summed E-state index contributed by atoms with van der Waals surface area (Å²) in [5.74, 6) is -0.435. The molecule has 0 saturated carbocycles. The number of carbonyl (C=O) groups excluding carboxylic acids is 2. The average molecular weight is 299 g/mol. The van der Waals surface area contributed by atoms with Crippen LogP contribution in [0, 0.1) is 5.92 Å². The van der Waals surface area contributed by atoms with Gasteiger partial charge in [0, 0.05) is 10.6 Å². The summed E-state index contributed by atoms with van der Waals surface area (Å²) in [6, 6.07) is 5.83. The SMILES string of the molecule is CONC(=O)C(CC(C)C)NC(=O)c1ccc(Cl)cc1. The Morgan fingerprint density at radius 2 is 1.85 bits per heavy atom. The van der Waals surface area contributed by atoms with Gasteiger partial charge in [-0.1, -0.05) is 25.4 Å². The summed E-state index contributed by atoms with van der Waals surface area (Å²) < 4.78 is 0. The minimum atomic E-state index is -0.641. The maximum Gasteiger partial charge on any atom is 0.266 e. The lowest BCUT2D eigenvalue weighted by Gasteiger charge is -2.19. The van der Waals surface area contributed by atoms with Gasteiger partial charge in [0.2, 0.25) is 0 Å². The molecule has 110 valence electrons. The molecule has 2 amide bonds. The Morgan fingerprint density at radius 1 is 1.25 bits per heavy atom. The Balaban J connectivity index is 2.75. The maximum atomic E-state index is 12.1. The zero-order valence-corrected chi connectivity index (χ0v) is 12.5. The Labute approximate surface area is 123 Å². The van der Waals surface area contributed by atoms with Crippen molar-refractivity contribution in [2.24, 2.45) is 5.92 Å². The first-order valence-corrected chi connectivity index (χ1v) is 6.71. The highest BCUT2D eigenvalue weighted by Crippen LogP contribution is 2.11. The number of hydrogen-bond acceptors (Lipinski definition) is 3. The van der Waals surface area contributed by atoms with E-state index in [0.29, 0.717) is 17.0 Å². The minimum absolute atomic E-state index is 0.258. The van der Waals surface area contributed by atoms with Crippen LogP contribution in [0.25, 0.3) is 0 Å². The van der Waals surface area contributed by atoms with Gasteiger partial charge in [-0.25, -0.2) is 5.48 Å². The number of hydroxylamine groups is 1. The van der Waals surface area contributed by atoms with Crippen LogP contribution >= 0.6 is 11.6 Å². The van der Waals surface area contributed by atoms with Crippen LogP contribution in [0.1, 0.15) is 30.6 Å². The highest BCUT2D eigenvalue weighted by molar-refractivity contribution is 6.30. The molecule has 1 aromatic carbocycles. The predicted molar refractivity (Wildman–Crippen MR) is 77.3 cm³/mol. The summed E-state index contributed by atoms with van der Waals surface area (Å²) in [4.78, 5) is 28.5. The molecule has 1 aromatic rings. The summed E-state index contributed by atoms with van der Waals surface area (Å²) in [6.45, 7) is 3.95. The van der Waals surface area contributed by atoms with E-state index in [4.69, 9.17) is 11.6 Å². The molecule has 0 heterocycles. The third-order valence-corrected chi connectivity index (χ3v) is 2.89. The Kier molecular flexibility index (Phi) is 6.48. The first-order valence-electron chi connectivity index (χ1n) is 6.33. The lowest BCUT2D eigenvalue weighted by Crippen LogP contribution is -2.47. The number of carbonyl (C=O) groups is 2. The zero-order valence-electron chi connectivity index (χ0n) is 11.8. The van der Waals surface area contributed by atoms with Crippen molar-refractivity contribution >= 4 is 23.4 Å². The van der Waals surface area contributed by atoms with Gasteiger partial charge >= 0.3 is 0 Å². The molecule has 0 fully saturated rings. The zero-order chi connectivity index (χ0) is 15.1. The lowest BCUT2D eigenvalue weighted by atomic mass is 10.0. The highest BCUT2D eigenvalue weighted by atomic mass is 35.5. The van der Waals surface area contributed by atoms with E-state index in [1.807, 2.05) is 13.8 Å². The molecule has 0 bridgehead atoms. The van der Waals surface area contributed by atoms with Gasteiger partial charge < -0.3 is 5.32 Å². The number of hydrogen-bond donors (Lipinski definition) is 2. The summed E-state index contributed by atoms with van der Waals surface area (Å²) in [5.41, 5.74) is 2.69. The molecular weight excluding hydrogens is 280 g/mol. The third kappa shape index (κ3) is 5.19. The normalized spacial score (nSPS) is 12.1. The quantitative estimate of drug-likeness (QED) is 0.791. The summed E-state index contributed by atoms with van der Waals surface area (Å²) in [6.07, 6.45) is 0.522. The van der Waals surface area contributed by atoms with E-state index in [1.54, 1.807) is 24.3 Å². The molecule has 0 aliphatic heterocycles. The van der Waals surface area contributed by atoms with Crippen molar-refractivity contribution in [1.29, 1.82) is 0 Å². The van der Waals surface area contributed by atoms with E-state index in [0.717, 1.165) is 0 Å². The van der Waals surface area contributed by atoms with E-state index in [2.05, 4.69) is 15.6 Å². The molecule has 0 aliphatic rings. The number of rotatable bonds is 6. The van der Waals surface area contributed by atoms with E-state index in [1.165, 1.54) is 7.11 Å². The fourth-order valence-electron chi connectivity index (χ4n) is 1.72. The van der Waals surface area contributed by atoms with Gasteiger partial charge in [0.05, 0.1) is 7.11 Å². The van der Waals surface area contributed by atoms with Crippen LogP contribution in [-0.2, 0) is 9.63 Å². The van der Waals surface area contributed by atoms with Crippen molar-refractivity contribution in [1.82, 2.24) is 10.8 Å². The molecule has 1 rings (SSSR count). The lowest BCUT2D eigenvalue weighted by molar-refractivity contribution is -0.133. The second kappa shape index (κ2) is 7.87. The fourth-order valence-corrected chi connectivity index (χ4v) is 1.84. The molecule has 0 aromatic heterocycles. The number of halogens is 1. The molecule has 1 unspecified atom stereocenters. The topological polar surface area (TPSA) is 67.4 Å². The molecule has 0 radical (unpaired) electrons. The summed E-state index contributed by atoms with van der Waals surface area (Å²) >= 11 is 5.77. The first-order chi connectivity index (χ1) is 9.43. The second-order valence-corrected chi connectivity index (χ2v) is 5.27. The van der Waals surface area contributed by atoms with Gasteiger partial charge in [0.1, 0.15) is 6.04 Å². The molecule has 0 spiro atoms. The van der Waals surface area contributed by atoms with Crippen molar-refractivity contribution < 1.29 is 14.4 Å². The first kappa shape index (κ1) is 16.5. The maximum absolute atomic E-state index is 12.1. The van der Waals surface area contributed by atoms with Crippen molar-refractivity contribution in [2.75, 3.05) is 7.11 Å². The molecule has 20 heavy (non-hydrogen) atoms. The van der Waals surface area contributed by atoms with Crippen molar-refractivity contribution in [3.8, 4) is 0 Å². The molecule has 1 atom stereocenters. The minimum Gasteiger partial charge on any atom is -0.340 e. The van der Waals surface area contributed by atoms with Crippen LogP contribution < -0.4 is 10.8 Å². The molecule has 5 nitrogen and oxygen atoms in total. The molecule has 6 heteroatoms. The molecule has 2 N–H and O–H groups in total. The van der Waals surface area contributed by atoms with Crippen LogP contribution in [-0.4, -0.2) is 25.0 Å². The predicted octanol–water partition coefficient (Wildman–Crippen LogP) is 2.16. The van der Waals surface area contributed by atoms with Crippen LogP contribution in [0.4, 0.5) is 0 Å². The van der Waals surface area contributed by atoms with Crippen molar-refractivity contribution in [3.63, 3.8) is 0 Å². The van der Waals surface area contributed by atoms with E-state index in [-0.39, 0.29) is 17.7 Å². The molecule has 0 saturated heterocycles. The largest absolute Gasteiger partial charge is 0.340 e. The smallest absolute Gasteiger partial charge is 0.266 e. The highest BCUT2D eigenvalue weighted by Gasteiger charge is 2.22. The van der Waals surface area contributed by atoms with Crippen LogP contribution in [0.2, 0.25) is 5.02 Å². The van der Waals surface area contributed by atoms with Gasteiger partial charge in [0.25, 0.3) is 11.8 Å². The van der Waals surface area contributed by atoms with E-state index >= 15 is 0 Å². The van der Waals surface area contributed by atoms with Crippen LogP contribution in [0.5, 0.6) is 0 Å². The Hall–Kier alpha value is -1.59. The Morgan fingerprint density at radius 3 is 2.35 bits per heavy atom. The van der Waals surface area contributed by atoms with E-state index < -0.39 is 6.04 Å². The van der Waals surface area contributed by atoms with Gasteiger partial charge in [0.15, 0.2) is 0 Å². The van der Waals surface area contributed by atoms with Gasteiger partial charge in [-0.05, 0) is 36.6 Å². The fraction of sp³-hybridized carbons (Fsp3) is 0.429. The number of benzene rings is 1. The van der Waals surface area contributed by atoms with Crippen LogP contribution in [0.3, 0.4) is 0 Å². The van der Waals surface area contributed by atoms with Crippen LogP contribution in [0.15, 0.2) is 24.3 Å². The molecule has 0 aliphatic carbocycles. The third-order valence-electron chi connectivity index (χ3n) is 2.64. The molecular formula is C14H19ClN2O3. The monoisotopic (exact) mass is 298 g/mol. The van der Waals surface area contributed by atoms with Gasteiger partial charge in [-0.15, -0.1) is 0 Å².